The number of hydrogen-bond donors (Lipinski definition) is 0. The van der Waals surface area contributed by atoms with Gasteiger partial charge in [0.25, 0.3) is 0 Å². The maximum absolute atomic E-state index is 11.8. The van der Waals surface area contributed by atoms with Crippen LogP contribution in [0.1, 0.15) is 39.5 Å². The van der Waals surface area contributed by atoms with E-state index in [0.717, 1.165) is 12.8 Å². The molecule has 0 radical (unpaired) electrons. The summed E-state index contributed by atoms with van der Waals surface area (Å²) in [5, 5.41) is 0. The van der Waals surface area contributed by atoms with Crippen molar-refractivity contribution in [3.8, 4) is 0 Å². The number of unbranched alkanes of at least 4 members (excludes halogenated alkanes) is 1. The first-order valence-corrected chi connectivity index (χ1v) is 7.16. The van der Waals surface area contributed by atoms with E-state index < -0.39 is 0 Å². The van der Waals surface area contributed by atoms with Crippen molar-refractivity contribution in [1.82, 2.24) is 0 Å². The van der Waals surface area contributed by atoms with Gasteiger partial charge in [-0.2, -0.15) is 0 Å². The van der Waals surface area contributed by atoms with Gasteiger partial charge in [0, 0.05) is 13.0 Å². The molecule has 2 saturated heterocycles. The highest BCUT2D eigenvalue weighted by atomic mass is 16.6. The van der Waals surface area contributed by atoms with Crippen LogP contribution in [0.2, 0.25) is 0 Å². The van der Waals surface area contributed by atoms with Crippen LogP contribution in [0, 0.1) is 11.8 Å². The Balaban J connectivity index is 1.94. The standard InChI is InChI=1S/C14H22O5/c1-3-5-6-18-11-8-12-10(13(15)17-4-2)7-9(11)14(16)19-12/h9-12H,3-8H2,1-2H3/t9-,10-,11-,12-/m1/s1. The van der Waals surface area contributed by atoms with E-state index in [4.69, 9.17) is 14.2 Å². The van der Waals surface area contributed by atoms with E-state index in [1.807, 2.05) is 0 Å². The molecule has 4 atom stereocenters. The Labute approximate surface area is 113 Å². The number of hydrogen-bond acceptors (Lipinski definition) is 5. The molecule has 108 valence electrons. The molecule has 0 spiro atoms. The molecule has 0 aromatic rings. The van der Waals surface area contributed by atoms with Gasteiger partial charge in [0.1, 0.15) is 6.10 Å². The normalized spacial score (nSPS) is 33.1. The summed E-state index contributed by atoms with van der Waals surface area (Å²) in [5.74, 6) is -1.10. The van der Waals surface area contributed by atoms with E-state index in [9.17, 15) is 9.59 Å². The summed E-state index contributed by atoms with van der Waals surface area (Å²) in [6.07, 6.45) is 2.70. The second-order valence-corrected chi connectivity index (χ2v) is 5.17. The fourth-order valence-corrected chi connectivity index (χ4v) is 2.81. The van der Waals surface area contributed by atoms with Crippen molar-refractivity contribution in [3.05, 3.63) is 0 Å². The van der Waals surface area contributed by atoms with Gasteiger partial charge in [0.15, 0.2) is 0 Å². The molecule has 2 bridgehead atoms. The quantitative estimate of drug-likeness (QED) is 0.543. The van der Waals surface area contributed by atoms with Crippen molar-refractivity contribution in [2.45, 2.75) is 51.7 Å². The zero-order valence-electron chi connectivity index (χ0n) is 11.6. The molecular formula is C14H22O5. The minimum absolute atomic E-state index is 0.0940. The monoisotopic (exact) mass is 270 g/mol. The summed E-state index contributed by atoms with van der Waals surface area (Å²) in [4.78, 5) is 23.6. The van der Waals surface area contributed by atoms with Crippen LogP contribution in [0.3, 0.4) is 0 Å². The lowest BCUT2D eigenvalue weighted by molar-refractivity contribution is -0.201. The third-order valence-corrected chi connectivity index (χ3v) is 3.86. The Morgan fingerprint density at radius 1 is 1.37 bits per heavy atom. The van der Waals surface area contributed by atoms with Gasteiger partial charge in [-0.15, -0.1) is 0 Å². The molecule has 1 aliphatic carbocycles. The van der Waals surface area contributed by atoms with Crippen LogP contribution in [-0.4, -0.2) is 37.4 Å². The molecule has 0 aromatic heterocycles. The van der Waals surface area contributed by atoms with Crippen molar-refractivity contribution < 1.29 is 23.8 Å². The first-order chi connectivity index (χ1) is 9.17. The van der Waals surface area contributed by atoms with Crippen LogP contribution in [0.4, 0.5) is 0 Å². The number of carbonyl (C=O) groups excluding carboxylic acids is 2. The molecule has 1 saturated carbocycles. The van der Waals surface area contributed by atoms with E-state index >= 15 is 0 Å². The molecular weight excluding hydrogens is 248 g/mol. The van der Waals surface area contributed by atoms with Crippen LogP contribution >= 0.6 is 0 Å². The third kappa shape index (κ3) is 3.08. The van der Waals surface area contributed by atoms with E-state index in [0.29, 0.717) is 26.1 Å². The number of ether oxygens (including phenoxy) is 3. The van der Waals surface area contributed by atoms with Gasteiger partial charge in [0.2, 0.25) is 0 Å². The molecule has 5 heteroatoms. The van der Waals surface area contributed by atoms with Gasteiger partial charge in [-0.25, -0.2) is 0 Å². The van der Waals surface area contributed by atoms with Crippen molar-refractivity contribution >= 4 is 11.9 Å². The largest absolute Gasteiger partial charge is 0.466 e. The number of rotatable bonds is 6. The number of carbonyl (C=O) groups is 2. The Kier molecular flexibility index (Phi) is 4.80. The molecule has 3 rings (SSSR count). The molecule has 3 aliphatic rings. The van der Waals surface area contributed by atoms with Gasteiger partial charge >= 0.3 is 11.9 Å². The minimum Gasteiger partial charge on any atom is -0.466 e. The summed E-state index contributed by atoms with van der Waals surface area (Å²) in [6.45, 7) is 4.90. The van der Waals surface area contributed by atoms with E-state index in [2.05, 4.69) is 6.92 Å². The molecule has 19 heavy (non-hydrogen) atoms. The number of fused-ring (bicyclic) bond motifs is 3. The fourth-order valence-electron chi connectivity index (χ4n) is 2.81. The topological polar surface area (TPSA) is 61.8 Å². The second-order valence-electron chi connectivity index (χ2n) is 5.17. The van der Waals surface area contributed by atoms with Crippen molar-refractivity contribution in [2.75, 3.05) is 13.2 Å². The molecule has 0 amide bonds. The van der Waals surface area contributed by atoms with Gasteiger partial charge in [-0.05, 0) is 19.8 Å². The Hall–Kier alpha value is -1.10. The summed E-state index contributed by atoms with van der Waals surface area (Å²) in [7, 11) is 0. The first kappa shape index (κ1) is 14.3. The summed E-state index contributed by atoms with van der Waals surface area (Å²) < 4.78 is 16.1. The van der Waals surface area contributed by atoms with E-state index in [-0.39, 0.29) is 36.0 Å². The maximum Gasteiger partial charge on any atom is 0.312 e. The molecule has 0 N–H and O–H groups in total. The summed E-state index contributed by atoms with van der Waals surface area (Å²) in [5.41, 5.74) is 0. The average Bonchev–Trinajstić information content (AvgIpc) is 2.39. The average molecular weight is 270 g/mol. The van der Waals surface area contributed by atoms with Crippen LogP contribution in [-0.2, 0) is 23.8 Å². The summed E-state index contributed by atoms with van der Waals surface area (Å²) in [6, 6.07) is 0. The van der Waals surface area contributed by atoms with E-state index in [1.165, 1.54) is 0 Å². The molecule has 0 aromatic carbocycles. The lowest BCUT2D eigenvalue weighted by Gasteiger charge is -2.44. The van der Waals surface area contributed by atoms with Crippen molar-refractivity contribution in [1.29, 1.82) is 0 Å². The highest BCUT2D eigenvalue weighted by molar-refractivity contribution is 5.80. The SMILES string of the molecule is CCCCO[C@@H]1C[C@H]2OC(=O)[C@@H]1C[C@H]2C(=O)OCC. The van der Waals surface area contributed by atoms with Gasteiger partial charge in [0.05, 0.1) is 24.5 Å². The van der Waals surface area contributed by atoms with Gasteiger partial charge in [-0.1, -0.05) is 13.3 Å². The van der Waals surface area contributed by atoms with Crippen LogP contribution in [0.25, 0.3) is 0 Å². The fraction of sp³-hybridized carbons (Fsp3) is 0.857. The predicted octanol–water partition coefficient (Wildman–Crippen LogP) is 1.69. The first-order valence-electron chi connectivity index (χ1n) is 7.16. The lowest BCUT2D eigenvalue weighted by atomic mass is 9.74. The number of esters is 2. The van der Waals surface area contributed by atoms with E-state index in [1.54, 1.807) is 6.92 Å². The Morgan fingerprint density at radius 2 is 2.16 bits per heavy atom. The highest BCUT2D eigenvalue weighted by Crippen LogP contribution is 2.40. The van der Waals surface area contributed by atoms with Crippen molar-refractivity contribution in [3.63, 3.8) is 0 Å². The molecule has 3 fully saturated rings. The van der Waals surface area contributed by atoms with Crippen LogP contribution in [0.5, 0.6) is 0 Å². The molecule has 0 unspecified atom stereocenters. The zero-order chi connectivity index (χ0) is 13.8. The maximum atomic E-state index is 11.8. The minimum atomic E-state index is -0.372. The Bertz CT molecular complexity index is 341. The van der Waals surface area contributed by atoms with Crippen LogP contribution < -0.4 is 0 Å². The third-order valence-electron chi connectivity index (χ3n) is 3.86. The second kappa shape index (κ2) is 6.37. The van der Waals surface area contributed by atoms with Gasteiger partial charge < -0.3 is 14.2 Å². The molecule has 2 aliphatic heterocycles. The Morgan fingerprint density at radius 3 is 2.79 bits per heavy atom. The van der Waals surface area contributed by atoms with Gasteiger partial charge in [-0.3, -0.25) is 9.59 Å². The lowest BCUT2D eigenvalue weighted by Crippen LogP contribution is -2.54. The smallest absolute Gasteiger partial charge is 0.312 e. The summed E-state index contributed by atoms with van der Waals surface area (Å²) >= 11 is 0. The zero-order valence-corrected chi connectivity index (χ0v) is 11.6. The predicted molar refractivity (Wildman–Crippen MR) is 67.4 cm³/mol. The van der Waals surface area contributed by atoms with Crippen molar-refractivity contribution in [2.24, 2.45) is 11.8 Å². The van der Waals surface area contributed by atoms with Crippen LogP contribution in [0.15, 0.2) is 0 Å². The highest BCUT2D eigenvalue weighted by Gasteiger charge is 2.52. The molecule has 2 heterocycles. The molecule has 5 nitrogen and oxygen atoms in total.